The third-order valence-electron chi connectivity index (χ3n) is 6.65. The van der Waals surface area contributed by atoms with E-state index in [4.69, 9.17) is 9.47 Å². The van der Waals surface area contributed by atoms with Gasteiger partial charge in [-0.05, 0) is 6.42 Å². The van der Waals surface area contributed by atoms with Crippen LogP contribution in [0.25, 0.3) is 0 Å². The lowest BCUT2D eigenvalue weighted by molar-refractivity contribution is -0.870. The molecule has 0 saturated carbocycles. The summed E-state index contributed by atoms with van der Waals surface area (Å²) in [5.41, 5.74) is 0. The Morgan fingerprint density at radius 2 is 1.22 bits per heavy atom. The molecule has 0 radical (unpaired) electrons. The minimum atomic E-state index is -3.33. The van der Waals surface area contributed by atoms with Gasteiger partial charge in [0.15, 0.2) is 9.84 Å². The minimum absolute atomic E-state index is 0.0925. The largest absolute Gasteiger partial charge is 0.443 e. The van der Waals surface area contributed by atoms with Gasteiger partial charge in [-0.25, -0.2) is 13.2 Å². The number of carbonyl (C=O) groups excluding carboxylic acids is 1. The van der Waals surface area contributed by atoms with Gasteiger partial charge in [0.25, 0.3) is 0 Å². The number of nitrogens with zero attached hydrogens (tertiary/aromatic N) is 1. The molecule has 0 aliphatic rings. The van der Waals surface area contributed by atoms with Crippen LogP contribution >= 0.6 is 0 Å². The molecule has 0 heterocycles. The molecule has 7 nitrogen and oxygen atoms in total. The smallest absolute Gasteiger partial charge is 0.407 e. The van der Waals surface area contributed by atoms with Crippen molar-refractivity contribution in [3.63, 3.8) is 0 Å². The first-order chi connectivity index (χ1) is 17.6. The molecule has 1 unspecified atom stereocenters. The van der Waals surface area contributed by atoms with Crippen molar-refractivity contribution in [1.29, 1.82) is 0 Å². The van der Waals surface area contributed by atoms with Crippen LogP contribution in [0.5, 0.6) is 0 Å². The molecule has 0 bridgehead atoms. The van der Waals surface area contributed by atoms with Crippen LogP contribution in [0.15, 0.2) is 0 Å². The molecule has 0 fully saturated rings. The summed E-state index contributed by atoms with van der Waals surface area (Å²) in [5.74, 6) is -0.105. The first kappa shape index (κ1) is 36.1. The highest BCUT2D eigenvalue weighted by Crippen LogP contribution is 2.14. The van der Waals surface area contributed by atoms with Crippen molar-refractivity contribution in [3.05, 3.63) is 0 Å². The normalized spacial score (nSPS) is 13.0. The SMILES string of the molecule is CCCCCCCCCCCCCCCCCCOCC(CS(=O)(=O)CCC[N+](C)(C)C)OC(=O)NC. The molecule has 0 aromatic carbocycles. The van der Waals surface area contributed by atoms with Crippen LogP contribution in [0.2, 0.25) is 0 Å². The summed E-state index contributed by atoms with van der Waals surface area (Å²) < 4.78 is 36.7. The maximum absolute atomic E-state index is 12.5. The molecule has 8 heteroatoms. The molecular formula is C29H61N2O5S+. The molecule has 222 valence electrons. The third kappa shape index (κ3) is 26.5. The van der Waals surface area contributed by atoms with Crippen LogP contribution in [-0.4, -0.2) is 84.6 Å². The van der Waals surface area contributed by atoms with Crippen molar-refractivity contribution in [2.45, 2.75) is 122 Å². The van der Waals surface area contributed by atoms with E-state index >= 15 is 0 Å². The van der Waals surface area contributed by atoms with Crippen molar-refractivity contribution in [1.82, 2.24) is 5.32 Å². The van der Waals surface area contributed by atoms with E-state index in [2.05, 4.69) is 12.2 Å². The van der Waals surface area contributed by atoms with Gasteiger partial charge >= 0.3 is 6.09 Å². The lowest BCUT2D eigenvalue weighted by Crippen LogP contribution is -2.38. The number of sulfone groups is 1. The maximum Gasteiger partial charge on any atom is 0.407 e. The molecule has 1 amide bonds. The molecule has 37 heavy (non-hydrogen) atoms. The zero-order valence-corrected chi connectivity index (χ0v) is 25.8. The first-order valence-electron chi connectivity index (χ1n) is 15.1. The van der Waals surface area contributed by atoms with Crippen molar-refractivity contribution < 1.29 is 27.2 Å². The highest BCUT2D eigenvalue weighted by molar-refractivity contribution is 7.91. The third-order valence-corrected chi connectivity index (χ3v) is 8.44. The number of ether oxygens (including phenoxy) is 2. The molecule has 1 atom stereocenters. The number of alkyl carbamates (subject to hydrolysis) is 1. The lowest BCUT2D eigenvalue weighted by atomic mass is 10.0. The Balaban J connectivity index is 3.82. The predicted molar refractivity (Wildman–Crippen MR) is 156 cm³/mol. The molecule has 0 aliphatic heterocycles. The monoisotopic (exact) mass is 549 g/mol. The Morgan fingerprint density at radius 1 is 0.757 bits per heavy atom. The van der Waals surface area contributed by atoms with Crippen LogP contribution in [-0.2, 0) is 19.3 Å². The number of amides is 1. The predicted octanol–water partition coefficient (Wildman–Crippen LogP) is 6.50. The van der Waals surface area contributed by atoms with Crippen molar-refractivity contribution in [2.24, 2.45) is 0 Å². The van der Waals surface area contributed by atoms with Crippen molar-refractivity contribution >= 4 is 15.9 Å². The number of carbonyl (C=O) groups is 1. The highest BCUT2D eigenvalue weighted by atomic mass is 32.2. The number of unbranched alkanes of at least 4 members (excludes halogenated alkanes) is 15. The summed E-state index contributed by atoms with van der Waals surface area (Å²) in [6.45, 7) is 3.72. The summed E-state index contributed by atoms with van der Waals surface area (Å²) in [4.78, 5) is 11.7. The number of hydrogen-bond acceptors (Lipinski definition) is 5. The summed E-state index contributed by atoms with van der Waals surface area (Å²) in [5, 5.41) is 2.39. The van der Waals surface area contributed by atoms with E-state index in [1.54, 1.807) is 0 Å². The molecule has 0 aromatic rings. The van der Waals surface area contributed by atoms with E-state index in [1.165, 1.54) is 96.9 Å². The van der Waals surface area contributed by atoms with Gasteiger partial charge in [0.2, 0.25) is 0 Å². The van der Waals surface area contributed by atoms with Gasteiger partial charge in [0.05, 0.1) is 45.8 Å². The van der Waals surface area contributed by atoms with E-state index in [1.807, 2.05) is 21.1 Å². The summed E-state index contributed by atoms with van der Waals surface area (Å²) in [7, 11) is 4.25. The van der Waals surface area contributed by atoms with Crippen LogP contribution in [0.1, 0.15) is 116 Å². The van der Waals surface area contributed by atoms with Crippen LogP contribution in [0.3, 0.4) is 0 Å². The van der Waals surface area contributed by atoms with E-state index in [-0.39, 0.29) is 18.1 Å². The topological polar surface area (TPSA) is 81.7 Å². The van der Waals surface area contributed by atoms with Gasteiger partial charge in [-0.1, -0.05) is 103 Å². The Labute approximate surface area is 229 Å². The second-order valence-electron chi connectivity index (χ2n) is 11.6. The zero-order valence-electron chi connectivity index (χ0n) is 25.0. The lowest BCUT2D eigenvalue weighted by Gasteiger charge is -2.24. The quantitative estimate of drug-likeness (QED) is 0.0984. The zero-order chi connectivity index (χ0) is 27.8. The average molecular weight is 550 g/mol. The second kappa shape index (κ2) is 23.1. The van der Waals surface area contributed by atoms with Gasteiger partial charge < -0.3 is 19.3 Å². The number of rotatable bonds is 26. The molecule has 1 N–H and O–H groups in total. The standard InChI is InChI=1S/C29H60N2O5S/c1-6-7-8-9-10-11-12-13-14-15-16-17-18-19-20-21-24-35-26-28(36-29(32)30-2)27-37(33,34)25-22-23-31(3,4)5/h28H,6-27H2,1-5H3/p+1. The van der Waals surface area contributed by atoms with Crippen LogP contribution in [0, 0.1) is 0 Å². The molecule has 0 aromatic heterocycles. The number of quaternary nitrogens is 1. The average Bonchev–Trinajstić information content (AvgIpc) is 2.81. The summed E-state index contributed by atoms with van der Waals surface area (Å²) in [6, 6.07) is 0. The second-order valence-corrected chi connectivity index (χ2v) is 13.9. The van der Waals surface area contributed by atoms with Gasteiger partial charge in [-0.3, -0.25) is 0 Å². The first-order valence-corrected chi connectivity index (χ1v) is 16.9. The van der Waals surface area contributed by atoms with Crippen molar-refractivity contribution in [3.8, 4) is 0 Å². The van der Waals surface area contributed by atoms with E-state index < -0.39 is 22.0 Å². The fourth-order valence-corrected chi connectivity index (χ4v) is 5.89. The van der Waals surface area contributed by atoms with E-state index in [9.17, 15) is 13.2 Å². The molecule has 0 saturated heterocycles. The molecule has 0 spiro atoms. The molecule has 0 rings (SSSR count). The van der Waals surface area contributed by atoms with Gasteiger partial charge in [0, 0.05) is 20.1 Å². The van der Waals surface area contributed by atoms with Crippen LogP contribution in [0.4, 0.5) is 4.79 Å². The van der Waals surface area contributed by atoms with Gasteiger partial charge in [-0.2, -0.15) is 0 Å². The Bertz CT molecular complexity index is 635. The number of nitrogens with one attached hydrogen (secondary N) is 1. The Morgan fingerprint density at radius 3 is 1.65 bits per heavy atom. The number of hydrogen-bond donors (Lipinski definition) is 1. The van der Waals surface area contributed by atoms with Crippen LogP contribution < -0.4 is 5.32 Å². The summed E-state index contributed by atoms with van der Waals surface area (Å²) >= 11 is 0. The summed E-state index contributed by atoms with van der Waals surface area (Å²) in [6.07, 6.45) is 20.3. The fraction of sp³-hybridized carbons (Fsp3) is 0.966. The Hall–Kier alpha value is -0.860. The van der Waals surface area contributed by atoms with E-state index in [0.29, 0.717) is 13.0 Å². The molecular weight excluding hydrogens is 488 g/mol. The van der Waals surface area contributed by atoms with Crippen molar-refractivity contribution in [2.75, 3.05) is 59.5 Å². The minimum Gasteiger partial charge on any atom is -0.443 e. The molecule has 0 aliphatic carbocycles. The van der Waals surface area contributed by atoms with Gasteiger partial charge in [0.1, 0.15) is 6.10 Å². The van der Waals surface area contributed by atoms with E-state index in [0.717, 1.165) is 23.9 Å². The highest BCUT2D eigenvalue weighted by Gasteiger charge is 2.23. The maximum atomic E-state index is 12.5. The van der Waals surface area contributed by atoms with Gasteiger partial charge in [-0.15, -0.1) is 0 Å². The Kier molecular flexibility index (Phi) is 22.5. The fourth-order valence-electron chi connectivity index (χ4n) is 4.42.